The normalized spacial score (nSPS) is 7.58. The standard InChI is InChI=1S/2C8H8.C5H8.C3H6/c2*1-2-8-6-4-3-5-7-8;1-4-5(2)3;1-3-2/h2*2-7H,1H2;4H,1-2H2,3H3;3H,1H2,2H3. The van der Waals surface area contributed by atoms with Crippen LogP contribution in [0.1, 0.15) is 25.0 Å². The molecule has 2 rings (SSSR count). The smallest absolute Gasteiger partial charge is 0.0263 e. The average molecular weight is 319 g/mol. The Hall–Kier alpha value is -2.86. The number of benzene rings is 2. The number of allylic oxidation sites excluding steroid dienone is 3. The van der Waals surface area contributed by atoms with E-state index in [9.17, 15) is 0 Å². The third-order valence-electron chi connectivity index (χ3n) is 2.42. The van der Waals surface area contributed by atoms with E-state index in [4.69, 9.17) is 0 Å². The topological polar surface area (TPSA) is 0 Å². The molecule has 0 saturated heterocycles. The van der Waals surface area contributed by atoms with E-state index in [1.54, 1.807) is 12.2 Å². The summed E-state index contributed by atoms with van der Waals surface area (Å²) in [5.74, 6) is 0. The van der Waals surface area contributed by atoms with E-state index in [2.05, 4.69) is 32.9 Å². The summed E-state index contributed by atoms with van der Waals surface area (Å²) in [6.07, 6.45) is 7.14. The second-order valence-electron chi connectivity index (χ2n) is 4.69. The van der Waals surface area contributed by atoms with Crippen LogP contribution in [0, 0.1) is 0 Å². The van der Waals surface area contributed by atoms with Gasteiger partial charge in [-0.2, -0.15) is 0 Å². The van der Waals surface area contributed by atoms with Crippen LogP contribution in [0.15, 0.2) is 111 Å². The highest BCUT2D eigenvalue weighted by molar-refractivity contribution is 5.46. The van der Waals surface area contributed by atoms with Gasteiger partial charge in [0.25, 0.3) is 0 Å². The van der Waals surface area contributed by atoms with Gasteiger partial charge in [0.05, 0.1) is 0 Å². The van der Waals surface area contributed by atoms with Gasteiger partial charge in [-0.3, -0.25) is 0 Å². The maximum Gasteiger partial charge on any atom is -0.0263 e. The highest BCUT2D eigenvalue weighted by Crippen LogP contribution is 1.98. The third-order valence-corrected chi connectivity index (χ3v) is 2.42. The Morgan fingerprint density at radius 3 is 1.08 bits per heavy atom. The molecule has 0 aliphatic carbocycles. The zero-order chi connectivity index (χ0) is 18.6. The van der Waals surface area contributed by atoms with E-state index in [1.807, 2.05) is 86.7 Å². The summed E-state index contributed by atoms with van der Waals surface area (Å²) in [5, 5.41) is 0. The summed E-state index contributed by atoms with van der Waals surface area (Å²) in [6.45, 7) is 21.4. The van der Waals surface area contributed by atoms with Crippen molar-refractivity contribution in [2.75, 3.05) is 0 Å². The number of rotatable bonds is 3. The quantitative estimate of drug-likeness (QED) is 0.403. The molecule has 126 valence electrons. The highest BCUT2D eigenvalue weighted by Gasteiger charge is 1.76. The molecule has 0 aliphatic rings. The molecule has 0 N–H and O–H groups in total. The predicted octanol–water partition coefficient (Wildman–Crippen LogP) is 7.60. The van der Waals surface area contributed by atoms with Crippen LogP contribution < -0.4 is 0 Å². The molecule has 2 aromatic rings. The largest absolute Gasteiger partial charge is 0.103 e. The zero-order valence-corrected chi connectivity index (χ0v) is 15.1. The van der Waals surface area contributed by atoms with Crippen molar-refractivity contribution in [3.05, 3.63) is 122 Å². The third kappa shape index (κ3) is 17.2. The van der Waals surface area contributed by atoms with E-state index in [0.717, 1.165) is 5.57 Å². The Morgan fingerprint density at radius 2 is 0.958 bits per heavy atom. The van der Waals surface area contributed by atoms with Crippen molar-refractivity contribution in [1.29, 1.82) is 0 Å². The fraction of sp³-hybridized carbons (Fsp3) is 0.0833. The molecular formula is C24H30. The molecule has 0 fully saturated rings. The summed E-state index contributed by atoms with van der Waals surface area (Å²) < 4.78 is 0. The van der Waals surface area contributed by atoms with E-state index in [-0.39, 0.29) is 0 Å². The summed E-state index contributed by atoms with van der Waals surface area (Å²) in [5.41, 5.74) is 3.37. The molecule has 24 heavy (non-hydrogen) atoms. The van der Waals surface area contributed by atoms with Crippen LogP contribution in [0.3, 0.4) is 0 Å². The molecule has 0 amide bonds. The van der Waals surface area contributed by atoms with Gasteiger partial charge in [-0.15, -0.1) is 6.58 Å². The van der Waals surface area contributed by atoms with Gasteiger partial charge >= 0.3 is 0 Å². The van der Waals surface area contributed by atoms with Crippen molar-refractivity contribution in [3.8, 4) is 0 Å². The molecule has 0 heterocycles. The van der Waals surface area contributed by atoms with Crippen LogP contribution in [0.2, 0.25) is 0 Å². The molecule has 0 heteroatoms. The first-order chi connectivity index (χ1) is 11.5. The highest BCUT2D eigenvalue weighted by atomic mass is 13.8. The Morgan fingerprint density at radius 1 is 0.708 bits per heavy atom. The molecule has 0 radical (unpaired) electrons. The summed E-state index contributed by atoms with van der Waals surface area (Å²) in [4.78, 5) is 0. The average Bonchev–Trinajstić information content (AvgIpc) is 2.64. The first-order valence-electron chi connectivity index (χ1n) is 7.75. The van der Waals surface area contributed by atoms with E-state index >= 15 is 0 Å². The monoisotopic (exact) mass is 318 g/mol. The second-order valence-corrected chi connectivity index (χ2v) is 4.69. The molecule has 0 unspecified atom stereocenters. The summed E-state index contributed by atoms with van der Waals surface area (Å²) in [6, 6.07) is 20.1. The molecule has 2 aromatic carbocycles. The first kappa shape index (κ1) is 23.4. The molecular weight excluding hydrogens is 288 g/mol. The lowest BCUT2D eigenvalue weighted by molar-refractivity contribution is 1.58. The Balaban J connectivity index is 0. The number of hydrogen-bond donors (Lipinski definition) is 0. The van der Waals surface area contributed by atoms with Crippen LogP contribution in [-0.2, 0) is 0 Å². The SMILES string of the molecule is C=CC.C=CC(=C)C.C=Cc1ccccc1.C=Cc1ccccc1. The van der Waals surface area contributed by atoms with Crippen LogP contribution >= 0.6 is 0 Å². The van der Waals surface area contributed by atoms with Gasteiger partial charge < -0.3 is 0 Å². The molecule has 0 saturated carbocycles. The van der Waals surface area contributed by atoms with E-state index < -0.39 is 0 Å². The van der Waals surface area contributed by atoms with Crippen molar-refractivity contribution >= 4 is 12.2 Å². The van der Waals surface area contributed by atoms with Crippen molar-refractivity contribution in [2.24, 2.45) is 0 Å². The van der Waals surface area contributed by atoms with Crippen LogP contribution in [-0.4, -0.2) is 0 Å². The lowest BCUT2D eigenvalue weighted by Crippen LogP contribution is -1.63. The minimum Gasteiger partial charge on any atom is -0.103 e. The van der Waals surface area contributed by atoms with Gasteiger partial charge in [0.2, 0.25) is 0 Å². The van der Waals surface area contributed by atoms with Gasteiger partial charge in [-0.1, -0.05) is 117 Å². The van der Waals surface area contributed by atoms with Gasteiger partial charge in [0, 0.05) is 0 Å². The van der Waals surface area contributed by atoms with E-state index in [1.165, 1.54) is 11.1 Å². The minimum atomic E-state index is 1.02. The second kappa shape index (κ2) is 18.2. The maximum atomic E-state index is 3.63. The number of hydrogen-bond acceptors (Lipinski definition) is 0. The van der Waals surface area contributed by atoms with Crippen LogP contribution in [0.25, 0.3) is 12.2 Å². The van der Waals surface area contributed by atoms with Crippen molar-refractivity contribution < 1.29 is 0 Å². The molecule has 0 aliphatic heterocycles. The van der Waals surface area contributed by atoms with Gasteiger partial charge in [-0.05, 0) is 25.0 Å². The molecule has 0 nitrogen and oxygen atoms in total. The predicted molar refractivity (Wildman–Crippen MR) is 114 cm³/mol. The van der Waals surface area contributed by atoms with Gasteiger partial charge in [0.1, 0.15) is 0 Å². The molecule has 0 aromatic heterocycles. The van der Waals surface area contributed by atoms with Crippen molar-refractivity contribution in [3.63, 3.8) is 0 Å². The van der Waals surface area contributed by atoms with Crippen LogP contribution in [0.4, 0.5) is 0 Å². The van der Waals surface area contributed by atoms with Gasteiger partial charge in [-0.25, -0.2) is 0 Å². The fourth-order valence-corrected chi connectivity index (χ4v) is 1.18. The van der Waals surface area contributed by atoms with E-state index in [0.29, 0.717) is 0 Å². The minimum absolute atomic E-state index is 1.02. The molecule has 0 atom stereocenters. The Bertz CT molecular complexity index is 530. The molecule has 0 spiro atoms. The Labute approximate surface area is 148 Å². The maximum absolute atomic E-state index is 3.63. The molecule has 0 bridgehead atoms. The van der Waals surface area contributed by atoms with Crippen LogP contribution in [0.5, 0.6) is 0 Å². The Kier molecular flexibility index (Phi) is 17.7. The van der Waals surface area contributed by atoms with Gasteiger partial charge in [0.15, 0.2) is 0 Å². The first-order valence-corrected chi connectivity index (χ1v) is 7.75. The van der Waals surface area contributed by atoms with Crippen molar-refractivity contribution in [1.82, 2.24) is 0 Å². The lowest BCUT2D eigenvalue weighted by atomic mass is 10.2. The lowest BCUT2D eigenvalue weighted by Gasteiger charge is -1.85. The zero-order valence-electron chi connectivity index (χ0n) is 15.1. The summed E-state index contributed by atoms with van der Waals surface area (Å²) in [7, 11) is 0. The fourth-order valence-electron chi connectivity index (χ4n) is 1.18. The van der Waals surface area contributed by atoms with Crippen molar-refractivity contribution in [2.45, 2.75) is 13.8 Å². The summed E-state index contributed by atoms with van der Waals surface area (Å²) >= 11 is 0.